The maximum Gasteiger partial charge on any atom is 0.407 e. The van der Waals surface area contributed by atoms with Crippen LogP contribution in [-0.4, -0.2) is 42.8 Å². The van der Waals surface area contributed by atoms with Gasteiger partial charge in [0.1, 0.15) is 18.0 Å². The molecule has 5 nitrogen and oxygen atoms in total. The van der Waals surface area contributed by atoms with Crippen molar-refractivity contribution in [3.63, 3.8) is 0 Å². The summed E-state index contributed by atoms with van der Waals surface area (Å²) in [6, 6.07) is 34.1. The molecule has 4 aromatic carbocycles. The Morgan fingerprint density at radius 2 is 1.54 bits per heavy atom. The first-order chi connectivity index (χ1) is 18.2. The Hall–Kier alpha value is -3.83. The van der Waals surface area contributed by atoms with Crippen molar-refractivity contribution in [3.05, 3.63) is 114 Å². The van der Waals surface area contributed by atoms with Crippen LogP contribution in [0.5, 0.6) is 5.75 Å². The minimum absolute atomic E-state index is 0.258. The molecular weight excluding hydrogens is 460 g/mol. The molecule has 5 heteroatoms. The standard InChI is InChI=1S/C32H32N2O3/c35-31-33-23-32(37-31)16-18-34(19-17-32)21-30(26-7-2-1-3-8-26)27-12-14-29(15-13-27)36-22-24-10-11-25-6-4-5-9-28(25)20-24/h1-15,20,30H,16-19,21-23H2,(H,33,35). The van der Waals surface area contributed by atoms with E-state index in [0.717, 1.165) is 43.8 Å². The van der Waals surface area contributed by atoms with E-state index < -0.39 is 0 Å². The van der Waals surface area contributed by atoms with Gasteiger partial charge in [0.25, 0.3) is 0 Å². The average Bonchev–Trinajstić information content (AvgIpc) is 3.32. The summed E-state index contributed by atoms with van der Waals surface area (Å²) in [4.78, 5) is 14.1. The van der Waals surface area contributed by atoms with Gasteiger partial charge in [0, 0.05) is 38.4 Å². The van der Waals surface area contributed by atoms with E-state index in [2.05, 4.69) is 107 Å². The third kappa shape index (κ3) is 5.32. The summed E-state index contributed by atoms with van der Waals surface area (Å²) >= 11 is 0. The highest BCUT2D eigenvalue weighted by Gasteiger charge is 2.43. The summed E-state index contributed by atoms with van der Waals surface area (Å²) in [6.07, 6.45) is 1.46. The first kappa shape index (κ1) is 23.6. The highest BCUT2D eigenvalue weighted by molar-refractivity contribution is 5.82. The van der Waals surface area contributed by atoms with E-state index in [4.69, 9.17) is 9.47 Å². The third-order valence-corrected chi connectivity index (χ3v) is 7.78. The second-order valence-corrected chi connectivity index (χ2v) is 10.2. The minimum atomic E-state index is -0.320. The smallest absolute Gasteiger partial charge is 0.407 e. The Morgan fingerprint density at radius 3 is 2.27 bits per heavy atom. The van der Waals surface area contributed by atoms with Gasteiger partial charge in [-0.15, -0.1) is 0 Å². The molecule has 6 rings (SSSR count). The lowest BCUT2D eigenvalue weighted by atomic mass is 9.88. The molecule has 0 radical (unpaired) electrons. The lowest BCUT2D eigenvalue weighted by Crippen LogP contribution is -2.47. The molecule has 2 fully saturated rings. The van der Waals surface area contributed by atoms with Crippen molar-refractivity contribution < 1.29 is 14.3 Å². The van der Waals surface area contributed by atoms with Gasteiger partial charge in [-0.1, -0.05) is 78.9 Å². The lowest BCUT2D eigenvalue weighted by Gasteiger charge is -2.38. The Balaban J connectivity index is 1.13. The summed E-state index contributed by atoms with van der Waals surface area (Å²) in [5.74, 6) is 1.13. The van der Waals surface area contributed by atoms with Crippen LogP contribution in [0.25, 0.3) is 10.8 Å². The number of benzene rings is 4. The number of alkyl carbamates (subject to hydrolysis) is 1. The molecule has 0 saturated carbocycles. The number of carbonyl (C=O) groups is 1. The topological polar surface area (TPSA) is 50.8 Å². The second-order valence-electron chi connectivity index (χ2n) is 10.2. The molecule has 0 aliphatic carbocycles. The zero-order valence-corrected chi connectivity index (χ0v) is 20.9. The number of amides is 1. The Labute approximate surface area is 218 Å². The summed E-state index contributed by atoms with van der Waals surface area (Å²) < 4.78 is 11.7. The van der Waals surface area contributed by atoms with E-state index in [1.165, 1.54) is 21.9 Å². The average molecular weight is 493 g/mol. The largest absolute Gasteiger partial charge is 0.489 e. The van der Waals surface area contributed by atoms with Gasteiger partial charge in [0.15, 0.2) is 0 Å². The maximum absolute atomic E-state index is 11.6. The van der Waals surface area contributed by atoms with Crippen molar-refractivity contribution in [1.29, 1.82) is 0 Å². The van der Waals surface area contributed by atoms with Crippen LogP contribution in [0.1, 0.15) is 35.4 Å². The van der Waals surface area contributed by atoms with E-state index in [9.17, 15) is 4.79 Å². The minimum Gasteiger partial charge on any atom is -0.489 e. The lowest BCUT2D eigenvalue weighted by molar-refractivity contribution is 0.000314. The molecule has 2 aliphatic heterocycles. The van der Waals surface area contributed by atoms with Crippen LogP contribution in [0.15, 0.2) is 97.1 Å². The molecule has 0 aromatic heterocycles. The van der Waals surface area contributed by atoms with Gasteiger partial charge in [-0.3, -0.25) is 0 Å². The van der Waals surface area contributed by atoms with Crippen LogP contribution in [0.4, 0.5) is 4.79 Å². The SMILES string of the molecule is O=C1NCC2(CCN(CC(c3ccccc3)c3ccc(OCc4ccc5ccccc5c4)cc3)CC2)O1. The molecule has 188 valence electrons. The quantitative estimate of drug-likeness (QED) is 0.337. The van der Waals surface area contributed by atoms with Gasteiger partial charge >= 0.3 is 6.09 Å². The van der Waals surface area contributed by atoms with Gasteiger partial charge in [-0.25, -0.2) is 4.79 Å². The van der Waals surface area contributed by atoms with E-state index in [0.29, 0.717) is 13.2 Å². The molecule has 2 heterocycles. The van der Waals surface area contributed by atoms with E-state index in [1.807, 2.05) is 0 Å². The fraction of sp³-hybridized carbons (Fsp3) is 0.281. The Bertz CT molecular complexity index is 1360. The van der Waals surface area contributed by atoms with Crippen molar-refractivity contribution in [1.82, 2.24) is 10.2 Å². The molecule has 37 heavy (non-hydrogen) atoms. The molecule has 1 unspecified atom stereocenters. The van der Waals surface area contributed by atoms with Crippen molar-refractivity contribution in [3.8, 4) is 5.75 Å². The van der Waals surface area contributed by atoms with Gasteiger partial charge in [0.2, 0.25) is 0 Å². The van der Waals surface area contributed by atoms with Gasteiger partial charge in [-0.05, 0) is 45.7 Å². The zero-order chi connectivity index (χ0) is 25.1. The molecule has 1 spiro atoms. The number of rotatable bonds is 7. The number of ether oxygens (including phenoxy) is 2. The molecule has 1 N–H and O–H groups in total. The highest BCUT2D eigenvalue weighted by Crippen LogP contribution is 2.33. The van der Waals surface area contributed by atoms with Crippen LogP contribution in [0.2, 0.25) is 0 Å². The first-order valence-corrected chi connectivity index (χ1v) is 13.1. The Morgan fingerprint density at radius 1 is 0.838 bits per heavy atom. The number of nitrogens with one attached hydrogen (secondary N) is 1. The van der Waals surface area contributed by atoms with Gasteiger partial charge in [-0.2, -0.15) is 0 Å². The van der Waals surface area contributed by atoms with E-state index in [-0.39, 0.29) is 17.6 Å². The van der Waals surface area contributed by atoms with Crippen LogP contribution >= 0.6 is 0 Å². The predicted molar refractivity (Wildman–Crippen MR) is 146 cm³/mol. The van der Waals surface area contributed by atoms with Crippen LogP contribution in [0, 0.1) is 0 Å². The Kier molecular flexibility index (Phi) is 6.54. The normalized spacial score (nSPS) is 17.9. The third-order valence-electron chi connectivity index (χ3n) is 7.78. The summed E-state index contributed by atoms with van der Waals surface area (Å²) in [5.41, 5.74) is 3.43. The van der Waals surface area contributed by atoms with Gasteiger partial charge in [0.05, 0.1) is 6.54 Å². The van der Waals surface area contributed by atoms with Crippen molar-refractivity contribution >= 4 is 16.9 Å². The fourth-order valence-electron chi connectivity index (χ4n) is 5.56. The van der Waals surface area contributed by atoms with Gasteiger partial charge < -0.3 is 19.7 Å². The van der Waals surface area contributed by atoms with Crippen LogP contribution in [0.3, 0.4) is 0 Å². The number of carbonyl (C=O) groups excluding carboxylic acids is 1. The van der Waals surface area contributed by atoms with Crippen molar-refractivity contribution in [2.45, 2.75) is 31.0 Å². The zero-order valence-electron chi connectivity index (χ0n) is 20.9. The first-order valence-electron chi connectivity index (χ1n) is 13.1. The second kappa shape index (κ2) is 10.3. The van der Waals surface area contributed by atoms with Crippen LogP contribution < -0.4 is 10.1 Å². The molecule has 1 atom stereocenters. The summed E-state index contributed by atoms with van der Waals surface area (Å²) in [7, 11) is 0. The van der Waals surface area contributed by atoms with Crippen molar-refractivity contribution in [2.24, 2.45) is 0 Å². The number of piperidine rings is 1. The number of fused-ring (bicyclic) bond motifs is 1. The molecule has 0 bridgehead atoms. The fourth-order valence-corrected chi connectivity index (χ4v) is 5.56. The number of hydrogen-bond acceptors (Lipinski definition) is 4. The maximum atomic E-state index is 11.6. The monoisotopic (exact) mass is 492 g/mol. The molecule has 4 aromatic rings. The van der Waals surface area contributed by atoms with E-state index >= 15 is 0 Å². The molecular formula is C32H32N2O3. The number of likely N-dealkylation sites (tertiary alicyclic amines) is 1. The molecule has 1 amide bonds. The number of nitrogens with zero attached hydrogens (tertiary/aromatic N) is 1. The number of hydrogen-bond donors (Lipinski definition) is 1. The predicted octanol–water partition coefficient (Wildman–Crippen LogP) is 6.13. The van der Waals surface area contributed by atoms with E-state index in [1.54, 1.807) is 0 Å². The summed E-state index contributed by atoms with van der Waals surface area (Å²) in [5, 5.41) is 5.30. The molecule has 2 aliphatic rings. The molecule has 2 saturated heterocycles. The van der Waals surface area contributed by atoms with Crippen molar-refractivity contribution in [2.75, 3.05) is 26.2 Å². The highest BCUT2D eigenvalue weighted by atomic mass is 16.6. The van der Waals surface area contributed by atoms with Crippen LogP contribution in [-0.2, 0) is 11.3 Å². The summed E-state index contributed by atoms with van der Waals surface area (Å²) in [6.45, 7) is 3.94.